The van der Waals surface area contributed by atoms with Gasteiger partial charge in [-0.2, -0.15) is 4.98 Å². The smallest absolute Gasteiger partial charge is 0.226 e. The van der Waals surface area contributed by atoms with E-state index in [0.29, 0.717) is 11.8 Å². The molecule has 0 unspecified atom stereocenters. The summed E-state index contributed by atoms with van der Waals surface area (Å²) >= 11 is 0. The number of aromatic nitrogens is 2. The fourth-order valence-corrected chi connectivity index (χ4v) is 2.80. The zero-order valence-electron chi connectivity index (χ0n) is 13.7. The van der Waals surface area contributed by atoms with Gasteiger partial charge in [0, 0.05) is 25.9 Å². The molecule has 4 nitrogen and oxygen atoms in total. The van der Waals surface area contributed by atoms with Crippen LogP contribution in [0.2, 0.25) is 0 Å². The molecule has 3 aromatic rings. The molecule has 0 bridgehead atoms. The van der Waals surface area contributed by atoms with Crippen LogP contribution in [0.4, 0.5) is 11.8 Å². The van der Waals surface area contributed by atoms with Crippen molar-refractivity contribution in [3.05, 3.63) is 59.8 Å². The van der Waals surface area contributed by atoms with Gasteiger partial charge in [-0.3, -0.25) is 0 Å². The number of hydrogen-bond donors (Lipinski definition) is 1. The van der Waals surface area contributed by atoms with Gasteiger partial charge in [-0.25, -0.2) is 4.98 Å². The number of hydrogen-bond acceptors (Lipinski definition) is 4. The zero-order valence-corrected chi connectivity index (χ0v) is 13.7. The first-order valence-corrected chi connectivity index (χ1v) is 7.90. The summed E-state index contributed by atoms with van der Waals surface area (Å²) in [6.07, 6.45) is 4.79. The monoisotopic (exact) mass is 306 g/mol. The van der Waals surface area contributed by atoms with Crippen LogP contribution < -0.4 is 10.6 Å². The van der Waals surface area contributed by atoms with E-state index in [1.54, 1.807) is 0 Å². The Hall–Kier alpha value is -2.62. The molecule has 0 saturated heterocycles. The Labute approximate surface area is 137 Å². The quantitative estimate of drug-likeness (QED) is 0.784. The lowest BCUT2D eigenvalue weighted by Gasteiger charge is -2.12. The maximum absolute atomic E-state index is 6.05. The molecule has 0 aliphatic heterocycles. The molecule has 1 aromatic heterocycles. The van der Waals surface area contributed by atoms with Crippen molar-refractivity contribution in [2.24, 2.45) is 0 Å². The fraction of sp³-hybridized carbons (Fsp3) is 0.263. The second-order valence-corrected chi connectivity index (χ2v) is 5.97. The van der Waals surface area contributed by atoms with Crippen molar-refractivity contribution in [2.45, 2.75) is 19.3 Å². The van der Waals surface area contributed by atoms with Gasteiger partial charge in [-0.15, -0.1) is 0 Å². The Kier molecular flexibility index (Phi) is 4.42. The first-order valence-electron chi connectivity index (χ1n) is 7.90. The van der Waals surface area contributed by atoms with Gasteiger partial charge >= 0.3 is 0 Å². The maximum atomic E-state index is 6.05. The van der Waals surface area contributed by atoms with E-state index in [4.69, 9.17) is 5.73 Å². The minimum atomic E-state index is 0.585. The highest BCUT2D eigenvalue weighted by molar-refractivity contribution is 5.85. The van der Waals surface area contributed by atoms with E-state index < -0.39 is 0 Å². The van der Waals surface area contributed by atoms with Crippen LogP contribution in [0.25, 0.3) is 10.8 Å². The second kappa shape index (κ2) is 6.65. The molecule has 118 valence electrons. The van der Waals surface area contributed by atoms with E-state index in [1.165, 1.54) is 16.3 Å². The van der Waals surface area contributed by atoms with Crippen LogP contribution in [0, 0.1) is 0 Å². The third-order valence-electron chi connectivity index (χ3n) is 4.06. The van der Waals surface area contributed by atoms with Gasteiger partial charge in [0.05, 0.1) is 0 Å². The normalized spacial score (nSPS) is 10.9. The summed E-state index contributed by atoms with van der Waals surface area (Å²) < 4.78 is 0. The molecule has 0 radical (unpaired) electrons. The van der Waals surface area contributed by atoms with Crippen LogP contribution in [0.1, 0.15) is 17.5 Å². The van der Waals surface area contributed by atoms with Crippen molar-refractivity contribution in [3.63, 3.8) is 0 Å². The topological polar surface area (TPSA) is 55.0 Å². The van der Waals surface area contributed by atoms with E-state index >= 15 is 0 Å². The lowest BCUT2D eigenvalue weighted by Crippen LogP contribution is -2.14. The average molecular weight is 306 g/mol. The van der Waals surface area contributed by atoms with Crippen molar-refractivity contribution in [3.8, 4) is 0 Å². The van der Waals surface area contributed by atoms with E-state index in [2.05, 4.69) is 52.4 Å². The molecule has 0 aliphatic carbocycles. The molecule has 1 heterocycles. The molecule has 0 spiro atoms. The number of nitrogens with two attached hydrogens (primary N) is 1. The molecular formula is C19H22N4. The minimum absolute atomic E-state index is 0.585. The largest absolute Gasteiger partial charge is 0.383 e. The Balaban J connectivity index is 1.69. The Morgan fingerprint density at radius 3 is 2.48 bits per heavy atom. The summed E-state index contributed by atoms with van der Waals surface area (Å²) in [5, 5.41) is 2.63. The number of benzene rings is 2. The molecule has 0 aliphatic rings. The standard InChI is InChI=1S/C19H22N4/c1-23(2)19-21-13-16(18(20)22-19)11-6-10-15-9-5-8-14-7-3-4-12-17(14)15/h3-5,7-9,12-13H,6,10-11H2,1-2H3,(H2,20,21,22). The van der Waals surface area contributed by atoms with E-state index in [1.807, 2.05) is 25.2 Å². The molecule has 23 heavy (non-hydrogen) atoms. The molecule has 2 aromatic carbocycles. The predicted octanol–water partition coefficient (Wildman–Crippen LogP) is 3.45. The molecule has 0 amide bonds. The molecule has 0 atom stereocenters. The second-order valence-electron chi connectivity index (χ2n) is 5.97. The summed E-state index contributed by atoms with van der Waals surface area (Å²) in [6.45, 7) is 0. The first kappa shape index (κ1) is 15.3. The van der Waals surface area contributed by atoms with E-state index in [0.717, 1.165) is 24.8 Å². The number of anilines is 2. The number of aryl methyl sites for hydroxylation is 2. The van der Waals surface area contributed by atoms with E-state index in [-0.39, 0.29) is 0 Å². The number of nitrogen functional groups attached to an aromatic ring is 1. The first-order chi connectivity index (χ1) is 11.1. The lowest BCUT2D eigenvalue weighted by atomic mass is 9.99. The maximum Gasteiger partial charge on any atom is 0.226 e. The van der Waals surface area contributed by atoms with Crippen LogP contribution >= 0.6 is 0 Å². The highest BCUT2D eigenvalue weighted by atomic mass is 15.2. The van der Waals surface area contributed by atoms with Crippen LogP contribution in [0.3, 0.4) is 0 Å². The van der Waals surface area contributed by atoms with Gasteiger partial charge < -0.3 is 10.6 Å². The highest BCUT2D eigenvalue weighted by Crippen LogP contribution is 2.21. The Bertz CT molecular complexity index is 806. The molecule has 4 heteroatoms. The summed E-state index contributed by atoms with van der Waals surface area (Å²) in [5.74, 6) is 1.24. The van der Waals surface area contributed by atoms with Gasteiger partial charge in [-0.1, -0.05) is 42.5 Å². The minimum Gasteiger partial charge on any atom is -0.383 e. The van der Waals surface area contributed by atoms with Crippen molar-refractivity contribution in [2.75, 3.05) is 24.7 Å². The Morgan fingerprint density at radius 2 is 1.70 bits per heavy atom. The summed E-state index contributed by atoms with van der Waals surface area (Å²) in [4.78, 5) is 10.5. The summed E-state index contributed by atoms with van der Waals surface area (Å²) in [6, 6.07) is 15.0. The number of rotatable bonds is 5. The lowest BCUT2D eigenvalue weighted by molar-refractivity contribution is 0.816. The predicted molar refractivity (Wildman–Crippen MR) is 96.7 cm³/mol. The van der Waals surface area contributed by atoms with Gasteiger partial charge in [0.15, 0.2) is 0 Å². The van der Waals surface area contributed by atoms with Gasteiger partial charge in [0.25, 0.3) is 0 Å². The van der Waals surface area contributed by atoms with Crippen molar-refractivity contribution in [1.82, 2.24) is 9.97 Å². The SMILES string of the molecule is CN(C)c1ncc(CCCc2cccc3ccccc23)c(N)n1. The van der Waals surface area contributed by atoms with Crippen LogP contribution in [0.15, 0.2) is 48.7 Å². The van der Waals surface area contributed by atoms with Gasteiger partial charge in [-0.05, 0) is 35.6 Å². The van der Waals surface area contributed by atoms with Crippen LogP contribution in [-0.2, 0) is 12.8 Å². The fourth-order valence-electron chi connectivity index (χ4n) is 2.80. The zero-order chi connectivity index (χ0) is 16.2. The van der Waals surface area contributed by atoms with Crippen molar-refractivity contribution in [1.29, 1.82) is 0 Å². The number of nitrogens with zero attached hydrogens (tertiary/aromatic N) is 3. The van der Waals surface area contributed by atoms with Crippen LogP contribution in [-0.4, -0.2) is 24.1 Å². The number of fused-ring (bicyclic) bond motifs is 1. The van der Waals surface area contributed by atoms with E-state index in [9.17, 15) is 0 Å². The van der Waals surface area contributed by atoms with Crippen LogP contribution in [0.5, 0.6) is 0 Å². The molecular weight excluding hydrogens is 284 g/mol. The summed E-state index contributed by atoms with van der Waals surface area (Å²) in [7, 11) is 3.82. The highest BCUT2D eigenvalue weighted by Gasteiger charge is 2.06. The average Bonchev–Trinajstić information content (AvgIpc) is 2.56. The van der Waals surface area contributed by atoms with Gasteiger partial charge in [0.1, 0.15) is 5.82 Å². The third kappa shape index (κ3) is 3.42. The summed E-state index contributed by atoms with van der Waals surface area (Å²) in [5.41, 5.74) is 8.46. The Morgan fingerprint density at radius 1 is 0.957 bits per heavy atom. The third-order valence-corrected chi connectivity index (χ3v) is 4.06. The molecule has 0 saturated carbocycles. The molecule has 2 N–H and O–H groups in total. The van der Waals surface area contributed by atoms with Crippen molar-refractivity contribution < 1.29 is 0 Å². The van der Waals surface area contributed by atoms with Gasteiger partial charge in [0.2, 0.25) is 5.95 Å². The molecule has 0 fully saturated rings. The molecule has 3 rings (SSSR count). The van der Waals surface area contributed by atoms with Crippen molar-refractivity contribution >= 4 is 22.5 Å².